The number of nitrogens with one attached hydrogen (secondary N) is 1. The van der Waals surface area contributed by atoms with E-state index in [4.69, 9.17) is 0 Å². The number of hydrogen-bond acceptors (Lipinski definition) is 2. The molecular weight excluding hydrogens is 393 g/mol. The second-order valence-corrected chi connectivity index (χ2v) is 8.59. The molecule has 1 amide bonds. The molecule has 1 unspecified atom stereocenters. The smallest absolute Gasteiger partial charge is 0.251 e. The lowest BCUT2D eigenvalue weighted by molar-refractivity contribution is 0.0953. The lowest BCUT2D eigenvalue weighted by atomic mass is 9.93. The topological polar surface area (TPSA) is 29.1 Å². The molecule has 1 N–H and O–H groups in total. The first-order valence-electron chi connectivity index (χ1n) is 10.4. The molecule has 0 aliphatic carbocycles. The number of amides is 1. The van der Waals surface area contributed by atoms with Crippen LogP contribution in [0.15, 0.2) is 76.5 Å². The number of aryl methyl sites for hydroxylation is 1. The van der Waals surface area contributed by atoms with Gasteiger partial charge < -0.3 is 5.32 Å². The van der Waals surface area contributed by atoms with Crippen molar-refractivity contribution in [3.63, 3.8) is 0 Å². The quantitative estimate of drug-likeness (QED) is 0.398. The summed E-state index contributed by atoms with van der Waals surface area (Å²) >= 11 is 1.70. The summed E-state index contributed by atoms with van der Waals surface area (Å²) < 4.78 is 13.3. The van der Waals surface area contributed by atoms with Crippen molar-refractivity contribution in [3.05, 3.63) is 94.8 Å². The summed E-state index contributed by atoms with van der Waals surface area (Å²) in [5.41, 5.74) is 4.06. The normalized spacial score (nSPS) is 11.9. The summed E-state index contributed by atoms with van der Waals surface area (Å²) in [5.74, 6) is -0.0882. The van der Waals surface area contributed by atoms with Crippen LogP contribution < -0.4 is 5.32 Å². The molecule has 1 atom stereocenters. The maximum atomic E-state index is 13.3. The minimum absolute atomic E-state index is 0.0200. The number of rotatable bonds is 8. The largest absolute Gasteiger partial charge is 0.352 e. The molecule has 3 aromatic rings. The monoisotopic (exact) mass is 421 g/mol. The van der Waals surface area contributed by atoms with E-state index in [1.54, 1.807) is 11.8 Å². The Labute approximate surface area is 182 Å². The lowest BCUT2D eigenvalue weighted by Crippen LogP contribution is -2.24. The van der Waals surface area contributed by atoms with Crippen LogP contribution in [0.5, 0.6) is 0 Å². The third-order valence-corrected chi connectivity index (χ3v) is 6.50. The van der Waals surface area contributed by atoms with Gasteiger partial charge in [-0.05, 0) is 66.4 Å². The van der Waals surface area contributed by atoms with Crippen molar-refractivity contribution < 1.29 is 9.18 Å². The average Bonchev–Trinajstić information content (AvgIpc) is 2.75. The summed E-state index contributed by atoms with van der Waals surface area (Å²) in [7, 11) is 0. The Balaban J connectivity index is 1.80. The summed E-state index contributed by atoms with van der Waals surface area (Å²) in [6.45, 7) is 7.00. The van der Waals surface area contributed by atoms with Crippen LogP contribution in [0.3, 0.4) is 0 Å². The van der Waals surface area contributed by atoms with Gasteiger partial charge in [-0.3, -0.25) is 4.79 Å². The van der Waals surface area contributed by atoms with Crippen LogP contribution in [-0.4, -0.2) is 12.5 Å². The molecule has 0 saturated carbocycles. The van der Waals surface area contributed by atoms with Gasteiger partial charge in [0.2, 0.25) is 0 Å². The van der Waals surface area contributed by atoms with Crippen molar-refractivity contribution in [2.24, 2.45) is 0 Å². The molecule has 0 fully saturated rings. The van der Waals surface area contributed by atoms with E-state index in [-0.39, 0.29) is 17.6 Å². The van der Waals surface area contributed by atoms with Gasteiger partial charge in [0.25, 0.3) is 5.91 Å². The van der Waals surface area contributed by atoms with Gasteiger partial charge in [-0.25, -0.2) is 4.39 Å². The predicted molar refractivity (Wildman–Crippen MR) is 123 cm³/mol. The Kier molecular flexibility index (Phi) is 7.69. The van der Waals surface area contributed by atoms with Crippen LogP contribution in [-0.2, 0) is 0 Å². The number of carbonyl (C=O) groups is 1. The van der Waals surface area contributed by atoms with Gasteiger partial charge in [0.15, 0.2) is 0 Å². The summed E-state index contributed by atoms with van der Waals surface area (Å²) in [6.07, 6.45) is 2.05. The number of hydrogen-bond donors (Lipinski definition) is 1. The molecule has 0 aliphatic heterocycles. The van der Waals surface area contributed by atoms with Crippen molar-refractivity contribution in [1.29, 1.82) is 0 Å². The molecule has 3 aromatic carbocycles. The first-order chi connectivity index (χ1) is 14.5. The third kappa shape index (κ3) is 5.51. The highest BCUT2D eigenvalue weighted by molar-refractivity contribution is 7.99. The second-order valence-electron chi connectivity index (χ2n) is 7.50. The van der Waals surface area contributed by atoms with E-state index in [9.17, 15) is 9.18 Å². The fourth-order valence-corrected chi connectivity index (χ4v) is 4.47. The molecule has 0 heterocycles. The van der Waals surface area contributed by atoms with E-state index < -0.39 is 0 Å². The average molecular weight is 422 g/mol. The highest BCUT2D eigenvalue weighted by atomic mass is 32.2. The number of carbonyl (C=O) groups excluding carboxylic acids is 1. The molecule has 2 nitrogen and oxygen atoms in total. The summed E-state index contributed by atoms with van der Waals surface area (Å²) in [5, 5.41) is 2.97. The third-order valence-electron chi connectivity index (χ3n) is 5.23. The summed E-state index contributed by atoms with van der Waals surface area (Å²) in [4.78, 5) is 14.6. The number of unbranched alkanes of at least 4 members (excludes halogenated alkanes) is 1. The van der Waals surface area contributed by atoms with Gasteiger partial charge in [0.1, 0.15) is 5.82 Å². The molecule has 156 valence electrons. The molecule has 0 saturated heterocycles. The van der Waals surface area contributed by atoms with E-state index in [0.717, 1.165) is 33.8 Å². The minimum Gasteiger partial charge on any atom is -0.352 e. The zero-order valence-corrected chi connectivity index (χ0v) is 18.6. The fraction of sp³-hybridized carbons (Fsp3) is 0.269. The Morgan fingerprint density at radius 3 is 2.47 bits per heavy atom. The van der Waals surface area contributed by atoms with Crippen LogP contribution in [0.4, 0.5) is 4.39 Å². The highest BCUT2D eigenvalue weighted by Crippen LogP contribution is 2.37. The summed E-state index contributed by atoms with van der Waals surface area (Å²) in [6, 6.07) is 20.9. The standard InChI is InChI=1S/C26H28FNOS/c1-4-5-16-28-26(29)21-12-15-24(18(2)17-21)30-25-9-7-6-8-23(25)19(3)20-10-13-22(27)14-11-20/h6-15,17,19H,4-5,16H2,1-3H3,(H,28,29). The van der Waals surface area contributed by atoms with Crippen LogP contribution in [0, 0.1) is 12.7 Å². The molecule has 3 rings (SSSR count). The predicted octanol–water partition coefficient (Wildman–Crippen LogP) is 6.97. The zero-order valence-electron chi connectivity index (χ0n) is 17.7. The van der Waals surface area contributed by atoms with Crippen molar-refractivity contribution >= 4 is 17.7 Å². The highest BCUT2D eigenvalue weighted by Gasteiger charge is 2.15. The van der Waals surface area contributed by atoms with Crippen molar-refractivity contribution in [3.8, 4) is 0 Å². The van der Waals surface area contributed by atoms with Crippen molar-refractivity contribution in [1.82, 2.24) is 5.32 Å². The van der Waals surface area contributed by atoms with E-state index in [2.05, 4.69) is 31.3 Å². The zero-order chi connectivity index (χ0) is 21.5. The van der Waals surface area contributed by atoms with Crippen molar-refractivity contribution in [2.75, 3.05) is 6.54 Å². The van der Waals surface area contributed by atoms with Gasteiger partial charge in [-0.1, -0.05) is 62.4 Å². The fourth-order valence-electron chi connectivity index (χ4n) is 3.37. The maximum absolute atomic E-state index is 13.3. The first kappa shape index (κ1) is 22.1. The maximum Gasteiger partial charge on any atom is 0.251 e. The molecule has 0 aromatic heterocycles. The number of halogens is 1. The van der Waals surface area contributed by atoms with Gasteiger partial charge in [-0.15, -0.1) is 0 Å². The van der Waals surface area contributed by atoms with Crippen LogP contribution in [0.25, 0.3) is 0 Å². The molecule has 0 radical (unpaired) electrons. The molecular formula is C26H28FNOS. The number of benzene rings is 3. The first-order valence-corrected chi connectivity index (χ1v) is 11.2. The van der Waals surface area contributed by atoms with E-state index in [1.165, 1.54) is 17.7 Å². The van der Waals surface area contributed by atoms with E-state index in [0.29, 0.717) is 12.1 Å². The lowest BCUT2D eigenvalue weighted by Gasteiger charge is -2.17. The van der Waals surface area contributed by atoms with Gasteiger partial charge >= 0.3 is 0 Å². The van der Waals surface area contributed by atoms with Crippen LogP contribution in [0.1, 0.15) is 59.7 Å². The van der Waals surface area contributed by atoms with Gasteiger partial charge in [0.05, 0.1) is 0 Å². The Morgan fingerprint density at radius 2 is 1.77 bits per heavy atom. The van der Waals surface area contributed by atoms with Gasteiger partial charge in [0, 0.05) is 27.8 Å². The van der Waals surface area contributed by atoms with E-state index in [1.807, 2.05) is 49.4 Å². The van der Waals surface area contributed by atoms with E-state index >= 15 is 0 Å². The minimum atomic E-state index is -0.219. The van der Waals surface area contributed by atoms with Crippen LogP contribution >= 0.6 is 11.8 Å². The van der Waals surface area contributed by atoms with Crippen molar-refractivity contribution in [2.45, 2.75) is 49.3 Å². The Bertz CT molecular complexity index is 1000. The van der Waals surface area contributed by atoms with Crippen LogP contribution in [0.2, 0.25) is 0 Å². The molecule has 0 aliphatic rings. The molecule has 4 heteroatoms. The Morgan fingerprint density at radius 1 is 1.03 bits per heavy atom. The second kappa shape index (κ2) is 10.4. The molecule has 0 bridgehead atoms. The Hall–Kier alpha value is -2.59. The van der Waals surface area contributed by atoms with Gasteiger partial charge in [-0.2, -0.15) is 0 Å². The molecule has 0 spiro atoms. The molecule has 30 heavy (non-hydrogen) atoms. The SMILES string of the molecule is CCCCNC(=O)c1ccc(Sc2ccccc2C(C)c2ccc(F)cc2)c(C)c1.